The van der Waals surface area contributed by atoms with Crippen LogP contribution in [0.1, 0.15) is 18.9 Å². The van der Waals surface area contributed by atoms with E-state index in [-0.39, 0.29) is 6.04 Å². The van der Waals surface area contributed by atoms with Crippen LogP contribution in [0, 0.1) is 0 Å². The van der Waals surface area contributed by atoms with E-state index in [2.05, 4.69) is 18.7 Å². The van der Waals surface area contributed by atoms with Crippen molar-refractivity contribution < 1.29 is 4.74 Å². The van der Waals surface area contributed by atoms with Gasteiger partial charge in [-0.25, -0.2) is 0 Å². The minimum absolute atomic E-state index is 0.206. The molecule has 1 unspecified atom stereocenters. The maximum atomic E-state index is 5.72. The van der Waals surface area contributed by atoms with Crippen molar-refractivity contribution in [3.63, 3.8) is 0 Å². The number of nitrogens with two attached hydrogens (primary N) is 1. The lowest BCUT2D eigenvalue weighted by molar-refractivity contribution is 0.325. The van der Waals surface area contributed by atoms with Crippen molar-refractivity contribution in [1.82, 2.24) is 0 Å². The van der Waals surface area contributed by atoms with E-state index in [9.17, 15) is 0 Å². The highest BCUT2D eigenvalue weighted by Gasteiger charge is 1.98. The van der Waals surface area contributed by atoms with Crippen LogP contribution in [0.15, 0.2) is 36.9 Å². The van der Waals surface area contributed by atoms with Gasteiger partial charge in [-0.3, -0.25) is 0 Å². The van der Waals surface area contributed by atoms with Crippen LogP contribution in [0.25, 0.3) is 0 Å². The Kier molecular flexibility index (Phi) is 4.91. The molecule has 0 aromatic heterocycles. The first-order valence-corrected chi connectivity index (χ1v) is 5.30. The first kappa shape index (κ1) is 11.8. The molecule has 82 valence electrons. The molecule has 0 spiro atoms. The van der Waals surface area contributed by atoms with Crippen LogP contribution in [-0.2, 0) is 6.42 Å². The topological polar surface area (TPSA) is 35.2 Å². The minimum Gasteiger partial charge on any atom is -0.493 e. The van der Waals surface area contributed by atoms with Crippen molar-refractivity contribution in [1.29, 1.82) is 0 Å². The molecule has 0 amide bonds. The molecule has 0 aliphatic carbocycles. The molecule has 0 radical (unpaired) electrons. The molecule has 0 saturated carbocycles. The van der Waals surface area contributed by atoms with Gasteiger partial charge in [-0.2, -0.15) is 0 Å². The lowest BCUT2D eigenvalue weighted by Crippen LogP contribution is -2.17. The largest absolute Gasteiger partial charge is 0.493 e. The number of hydrogen-bond donors (Lipinski definition) is 1. The van der Waals surface area contributed by atoms with Crippen molar-refractivity contribution in [3.05, 3.63) is 42.5 Å². The highest BCUT2D eigenvalue weighted by atomic mass is 16.5. The van der Waals surface area contributed by atoms with Crippen LogP contribution in [0.5, 0.6) is 5.75 Å². The van der Waals surface area contributed by atoms with Gasteiger partial charge in [0, 0.05) is 6.04 Å². The quantitative estimate of drug-likeness (QED) is 0.572. The van der Waals surface area contributed by atoms with E-state index in [0.717, 1.165) is 18.6 Å². The Balaban J connectivity index is 2.45. The van der Waals surface area contributed by atoms with E-state index in [1.807, 2.05) is 25.1 Å². The van der Waals surface area contributed by atoms with E-state index < -0.39 is 0 Å². The SMILES string of the molecule is C=CCCOc1ccc(CC(C)N)cc1. The van der Waals surface area contributed by atoms with Gasteiger partial charge in [-0.05, 0) is 37.5 Å². The maximum Gasteiger partial charge on any atom is 0.119 e. The monoisotopic (exact) mass is 205 g/mol. The van der Waals surface area contributed by atoms with Gasteiger partial charge in [0.2, 0.25) is 0 Å². The molecule has 0 fully saturated rings. The highest BCUT2D eigenvalue weighted by molar-refractivity contribution is 5.27. The zero-order valence-corrected chi connectivity index (χ0v) is 9.28. The molecule has 15 heavy (non-hydrogen) atoms. The first-order chi connectivity index (χ1) is 7.22. The van der Waals surface area contributed by atoms with Crippen LogP contribution in [0.2, 0.25) is 0 Å². The van der Waals surface area contributed by atoms with E-state index in [4.69, 9.17) is 10.5 Å². The zero-order valence-electron chi connectivity index (χ0n) is 9.28. The Hall–Kier alpha value is -1.28. The molecule has 2 nitrogen and oxygen atoms in total. The van der Waals surface area contributed by atoms with Gasteiger partial charge in [-0.1, -0.05) is 18.2 Å². The summed E-state index contributed by atoms with van der Waals surface area (Å²) in [6.45, 7) is 6.34. The second-order valence-electron chi connectivity index (χ2n) is 3.75. The average Bonchev–Trinajstić information content (AvgIpc) is 2.20. The summed E-state index contributed by atoms with van der Waals surface area (Å²) in [6.07, 6.45) is 3.64. The van der Waals surface area contributed by atoms with E-state index in [1.165, 1.54) is 5.56 Å². The molecular formula is C13H19NO. The molecule has 1 rings (SSSR count). The highest BCUT2D eigenvalue weighted by Crippen LogP contribution is 2.13. The van der Waals surface area contributed by atoms with Crippen LogP contribution in [-0.4, -0.2) is 12.6 Å². The molecule has 1 aromatic rings. The third kappa shape index (κ3) is 4.66. The van der Waals surface area contributed by atoms with Gasteiger partial charge in [-0.15, -0.1) is 6.58 Å². The molecule has 0 aliphatic heterocycles. The number of rotatable bonds is 6. The molecule has 1 aromatic carbocycles. The van der Waals surface area contributed by atoms with Crippen molar-refractivity contribution in [2.45, 2.75) is 25.8 Å². The predicted octanol–water partition coefficient (Wildman–Crippen LogP) is 2.53. The molecular weight excluding hydrogens is 186 g/mol. The normalized spacial score (nSPS) is 12.1. The Morgan fingerprint density at radius 3 is 2.60 bits per heavy atom. The van der Waals surface area contributed by atoms with Crippen molar-refractivity contribution in [2.24, 2.45) is 5.73 Å². The second-order valence-corrected chi connectivity index (χ2v) is 3.75. The van der Waals surface area contributed by atoms with Crippen LogP contribution in [0.4, 0.5) is 0 Å². The third-order valence-corrected chi connectivity index (χ3v) is 2.07. The fourth-order valence-corrected chi connectivity index (χ4v) is 1.35. The summed E-state index contributed by atoms with van der Waals surface area (Å²) in [4.78, 5) is 0. The molecule has 0 aliphatic rings. The Labute approximate surface area is 91.7 Å². The summed E-state index contributed by atoms with van der Waals surface area (Å²) in [5.74, 6) is 0.908. The molecule has 2 N–H and O–H groups in total. The standard InChI is InChI=1S/C13H19NO/c1-3-4-9-15-13-7-5-12(6-8-13)10-11(2)14/h3,5-8,11H,1,4,9-10,14H2,2H3. The van der Waals surface area contributed by atoms with Gasteiger partial charge < -0.3 is 10.5 Å². The lowest BCUT2D eigenvalue weighted by atomic mass is 10.1. The summed E-state index contributed by atoms with van der Waals surface area (Å²) in [5.41, 5.74) is 6.97. The van der Waals surface area contributed by atoms with Gasteiger partial charge in [0.15, 0.2) is 0 Å². The number of benzene rings is 1. The van der Waals surface area contributed by atoms with Gasteiger partial charge in [0.25, 0.3) is 0 Å². The van der Waals surface area contributed by atoms with Gasteiger partial charge in [0.05, 0.1) is 6.61 Å². The molecule has 1 atom stereocenters. The van der Waals surface area contributed by atoms with E-state index in [0.29, 0.717) is 6.61 Å². The summed E-state index contributed by atoms with van der Waals surface area (Å²) < 4.78 is 5.50. The predicted molar refractivity (Wildman–Crippen MR) is 64.1 cm³/mol. The van der Waals surface area contributed by atoms with E-state index in [1.54, 1.807) is 0 Å². The molecule has 0 saturated heterocycles. The molecule has 0 heterocycles. The van der Waals surface area contributed by atoms with Crippen molar-refractivity contribution in [2.75, 3.05) is 6.61 Å². The first-order valence-electron chi connectivity index (χ1n) is 5.30. The maximum absolute atomic E-state index is 5.72. The average molecular weight is 205 g/mol. The van der Waals surface area contributed by atoms with Gasteiger partial charge >= 0.3 is 0 Å². The minimum atomic E-state index is 0.206. The summed E-state index contributed by atoms with van der Waals surface area (Å²) in [6, 6.07) is 8.30. The summed E-state index contributed by atoms with van der Waals surface area (Å²) in [7, 11) is 0. The Morgan fingerprint density at radius 1 is 1.40 bits per heavy atom. The second kappa shape index (κ2) is 6.25. The third-order valence-electron chi connectivity index (χ3n) is 2.07. The smallest absolute Gasteiger partial charge is 0.119 e. The summed E-state index contributed by atoms with van der Waals surface area (Å²) in [5, 5.41) is 0. The zero-order chi connectivity index (χ0) is 11.1. The fraction of sp³-hybridized carbons (Fsp3) is 0.385. The van der Waals surface area contributed by atoms with E-state index >= 15 is 0 Å². The summed E-state index contributed by atoms with van der Waals surface area (Å²) >= 11 is 0. The Morgan fingerprint density at radius 2 is 2.07 bits per heavy atom. The lowest BCUT2D eigenvalue weighted by Gasteiger charge is -2.07. The van der Waals surface area contributed by atoms with Crippen LogP contribution in [0.3, 0.4) is 0 Å². The van der Waals surface area contributed by atoms with Crippen LogP contribution < -0.4 is 10.5 Å². The van der Waals surface area contributed by atoms with Crippen LogP contribution >= 0.6 is 0 Å². The van der Waals surface area contributed by atoms with Crippen molar-refractivity contribution >= 4 is 0 Å². The van der Waals surface area contributed by atoms with Gasteiger partial charge in [0.1, 0.15) is 5.75 Å². The molecule has 2 heteroatoms. The fourth-order valence-electron chi connectivity index (χ4n) is 1.35. The Bertz CT molecular complexity index is 290. The molecule has 0 bridgehead atoms. The number of ether oxygens (including phenoxy) is 1. The van der Waals surface area contributed by atoms with Crippen molar-refractivity contribution in [3.8, 4) is 5.75 Å². The number of hydrogen-bond acceptors (Lipinski definition) is 2.